The van der Waals surface area contributed by atoms with Gasteiger partial charge in [-0.2, -0.15) is 5.26 Å². The molecular formula is C22H13Cl2N3O2S. The Morgan fingerprint density at radius 3 is 2.80 bits per heavy atom. The van der Waals surface area contributed by atoms with Crippen LogP contribution in [0.4, 0.5) is 5.69 Å². The van der Waals surface area contributed by atoms with Crippen LogP contribution in [-0.4, -0.2) is 4.98 Å². The molecule has 0 aliphatic heterocycles. The van der Waals surface area contributed by atoms with Crippen molar-refractivity contribution in [2.75, 3.05) is 5.32 Å². The second-order valence-corrected chi connectivity index (χ2v) is 8.11. The molecule has 2 aromatic heterocycles. The Kier molecular flexibility index (Phi) is 5.60. The smallest absolute Gasteiger partial charge is 0.336 e. The molecule has 0 amide bonds. The first kappa shape index (κ1) is 20.2. The molecule has 0 saturated heterocycles. The van der Waals surface area contributed by atoms with Gasteiger partial charge < -0.3 is 9.73 Å². The lowest BCUT2D eigenvalue weighted by molar-refractivity contribution is 0.560. The number of allylic oxidation sites excluding steroid dienone is 1. The quantitative estimate of drug-likeness (QED) is 0.281. The number of fused-ring (bicyclic) bond motifs is 1. The first-order valence-electron chi connectivity index (χ1n) is 8.77. The van der Waals surface area contributed by atoms with Crippen LogP contribution in [0.2, 0.25) is 10.0 Å². The third-order valence-corrected chi connectivity index (χ3v) is 6.02. The van der Waals surface area contributed by atoms with Crippen molar-refractivity contribution < 1.29 is 4.42 Å². The summed E-state index contributed by atoms with van der Waals surface area (Å²) in [6.07, 6.45) is 1.58. The monoisotopic (exact) mass is 453 g/mol. The second kappa shape index (κ2) is 8.33. The molecule has 4 aromatic rings. The maximum Gasteiger partial charge on any atom is 0.336 e. The summed E-state index contributed by atoms with van der Waals surface area (Å²) in [4.78, 5) is 16.1. The molecule has 2 aromatic carbocycles. The van der Waals surface area contributed by atoms with Crippen LogP contribution >= 0.6 is 34.5 Å². The minimum absolute atomic E-state index is 0.372. The van der Waals surface area contributed by atoms with E-state index in [4.69, 9.17) is 27.6 Å². The number of benzene rings is 2. The normalized spacial score (nSPS) is 11.5. The number of nitrogens with one attached hydrogen (secondary N) is 1. The van der Waals surface area contributed by atoms with Crippen LogP contribution in [0.25, 0.3) is 27.8 Å². The number of nitriles is 1. The van der Waals surface area contributed by atoms with E-state index in [0.717, 1.165) is 16.5 Å². The highest BCUT2D eigenvalue weighted by Crippen LogP contribution is 2.31. The van der Waals surface area contributed by atoms with Crippen molar-refractivity contribution in [3.63, 3.8) is 0 Å². The molecule has 5 nitrogen and oxygen atoms in total. The third-order valence-electron chi connectivity index (χ3n) is 4.40. The van der Waals surface area contributed by atoms with Crippen molar-refractivity contribution in [3.05, 3.63) is 85.1 Å². The lowest BCUT2D eigenvalue weighted by atomic mass is 10.1. The van der Waals surface area contributed by atoms with Crippen molar-refractivity contribution >= 4 is 56.8 Å². The van der Waals surface area contributed by atoms with Crippen molar-refractivity contribution in [2.45, 2.75) is 6.92 Å². The van der Waals surface area contributed by atoms with Gasteiger partial charge in [0.1, 0.15) is 22.2 Å². The predicted molar refractivity (Wildman–Crippen MR) is 122 cm³/mol. The maximum absolute atomic E-state index is 11.6. The molecule has 2 heterocycles. The van der Waals surface area contributed by atoms with Gasteiger partial charge in [-0.3, -0.25) is 0 Å². The molecule has 0 radical (unpaired) electrons. The lowest BCUT2D eigenvalue weighted by Crippen LogP contribution is -1.98. The highest BCUT2D eigenvalue weighted by molar-refractivity contribution is 7.11. The number of hydrogen-bond donors (Lipinski definition) is 1. The predicted octanol–water partition coefficient (Wildman–Crippen LogP) is 6.51. The molecular weight excluding hydrogens is 441 g/mol. The van der Waals surface area contributed by atoms with E-state index in [1.807, 2.05) is 30.5 Å². The van der Waals surface area contributed by atoms with Crippen LogP contribution in [-0.2, 0) is 0 Å². The van der Waals surface area contributed by atoms with E-state index >= 15 is 0 Å². The number of halogens is 2. The molecule has 8 heteroatoms. The minimum Gasteiger partial charge on any atom is -0.423 e. The standard InChI is InChI=1S/C22H13Cl2N3O2S/c1-12-6-21(28)29-20-8-15(3-4-16(12)20)26-10-14(9-25)22-27-19(11-30-22)13-2-5-17(23)18(24)7-13/h2-8,10-11,26H,1H3. The number of rotatable bonds is 4. The Morgan fingerprint density at radius 1 is 1.20 bits per heavy atom. The van der Waals surface area contributed by atoms with Crippen LogP contribution in [0.15, 0.2) is 63.3 Å². The van der Waals surface area contributed by atoms with Gasteiger partial charge in [-0.05, 0) is 36.8 Å². The second-order valence-electron chi connectivity index (χ2n) is 6.44. The average molecular weight is 454 g/mol. The number of aryl methyl sites for hydroxylation is 1. The summed E-state index contributed by atoms with van der Waals surface area (Å²) >= 11 is 13.4. The van der Waals surface area contributed by atoms with E-state index in [0.29, 0.717) is 37.6 Å². The van der Waals surface area contributed by atoms with Crippen molar-refractivity contribution in [2.24, 2.45) is 0 Å². The van der Waals surface area contributed by atoms with Crippen LogP contribution in [0.5, 0.6) is 0 Å². The first-order valence-corrected chi connectivity index (χ1v) is 10.4. The SMILES string of the molecule is Cc1cc(=O)oc2cc(NC=C(C#N)c3nc(-c4ccc(Cl)c(Cl)c4)cs3)ccc12. The largest absolute Gasteiger partial charge is 0.423 e. The zero-order valence-corrected chi connectivity index (χ0v) is 17.9. The van der Waals surface area contributed by atoms with Gasteiger partial charge in [0.2, 0.25) is 0 Å². The van der Waals surface area contributed by atoms with Crippen molar-refractivity contribution in [1.82, 2.24) is 4.98 Å². The van der Waals surface area contributed by atoms with E-state index < -0.39 is 5.63 Å². The zero-order valence-electron chi connectivity index (χ0n) is 15.6. The lowest BCUT2D eigenvalue weighted by Gasteiger charge is -2.05. The molecule has 1 N–H and O–H groups in total. The Labute approximate surface area is 185 Å². The highest BCUT2D eigenvalue weighted by Gasteiger charge is 2.11. The summed E-state index contributed by atoms with van der Waals surface area (Å²) in [7, 11) is 0. The van der Waals surface area contributed by atoms with E-state index in [9.17, 15) is 10.1 Å². The van der Waals surface area contributed by atoms with Crippen LogP contribution in [0, 0.1) is 18.3 Å². The van der Waals surface area contributed by atoms with Gasteiger partial charge in [0.15, 0.2) is 0 Å². The Morgan fingerprint density at radius 2 is 2.03 bits per heavy atom. The van der Waals surface area contributed by atoms with Gasteiger partial charge in [-0.15, -0.1) is 11.3 Å². The Bertz CT molecular complexity index is 1400. The number of nitrogens with zero attached hydrogens (tertiary/aromatic N) is 2. The molecule has 4 rings (SSSR count). The molecule has 0 atom stereocenters. The number of thiazole rings is 1. The molecule has 0 fully saturated rings. The number of hydrogen-bond acceptors (Lipinski definition) is 6. The van der Waals surface area contributed by atoms with Gasteiger partial charge in [-0.1, -0.05) is 29.3 Å². The number of aromatic nitrogens is 1. The fourth-order valence-corrected chi connectivity index (χ4v) is 3.99. The summed E-state index contributed by atoms with van der Waals surface area (Å²) < 4.78 is 5.26. The summed E-state index contributed by atoms with van der Waals surface area (Å²) in [6, 6.07) is 14.3. The van der Waals surface area contributed by atoms with Crippen LogP contribution in [0.3, 0.4) is 0 Å². The molecule has 30 heavy (non-hydrogen) atoms. The highest BCUT2D eigenvalue weighted by atomic mass is 35.5. The van der Waals surface area contributed by atoms with Gasteiger partial charge >= 0.3 is 5.63 Å². The fraction of sp³-hybridized carbons (Fsp3) is 0.0455. The summed E-state index contributed by atoms with van der Waals surface area (Å²) in [5.41, 5.74) is 3.51. The Hall–Kier alpha value is -3.11. The topological polar surface area (TPSA) is 78.9 Å². The van der Waals surface area contributed by atoms with E-state index in [2.05, 4.69) is 16.4 Å². The zero-order chi connectivity index (χ0) is 21.3. The van der Waals surface area contributed by atoms with Crippen LogP contribution < -0.4 is 10.9 Å². The van der Waals surface area contributed by atoms with E-state index in [1.165, 1.54) is 17.4 Å². The van der Waals surface area contributed by atoms with Gasteiger partial charge in [0, 0.05) is 40.3 Å². The van der Waals surface area contributed by atoms with Gasteiger partial charge in [-0.25, -0.2) is 9.78 Å². The van der Waals surface area contributed by atoms with E-state index in [1.54, 1.807) is 24.4 Å². The number of anilines is 1. The third kappa shape index (κ3) is 4.10. The Balaban J connectivity index is 1.61. The molecule has 148 valence electrons. The van der Waals surface area contributed by atoms with Crippen LogP contribution in [0.1, 0.15) is 10.6 Å². The van der Waals surface area contributed by atoms with Crippen molar-refractivity contribution in [1.29, 1.82) is 5.26 Å². The molecule has 0 spiro atoms. The van der Waals surface area contributed by atoms with Gasteiger partial charge in [0.25, 0.3) is 0 Å². The average Bonchev–Trinajstić information content (AvgIpc) is 3.20. The first-order chi connectivity index (χ1) is 14.4. The molecule has 0 aliphatic rings. The summed E-state index contributed by atoms with van der Waals surface area (Å²) in [5.74, 6) is 0. The minimum atomic E-state index is -0.400. The summed E-state index contributed by atoms with van der Waals surface area (Å²) in [5, 5.41) is 16.8. The molecule has 0 bridgehead atoms. The van der Waals surface area contributed by atoms with E-state index in [-0.39, 0.29) is 0 Å². The maximum atomic E-state index is 11.6. The van der Waals surface area contributed by atoms with Crippen molar-refractivity contribution in [3.8, 4) is 17.3 Å². The molecule has 0 saturated carbocycles. The van der Waals surface area contributed by atoms with Gasteiger partial charge in [0.05, 0.1) is 15.7 Å². The summed E-state index contributed by atoms with van der Waals surface area (Å²) in [6.45, 7) is 1.86. The molecule has 0 unspecified atom stereocenters. The fourth-order valence-electron chi connectivity index (χ4n) is 2.90. The molecule has 0 aliphatic carbocycles.